The van der Waals surface area contributed by atoms with Gasteiger partial charge in [-0.25, -0.2) is 65.6 Å². The van der Waals surface area contributed by atoms with Gasteiger partial charge in [-0.15, -0.1) is 0 Å². The number of nitrogens with one attached hydrogen (secondary N) is 3. The summed E-state index contributed by atoms with van der Waals surface area (Å²) in [5.41, 5.74) is 10.4. The summed E-state index contributed by atoms with van der Waals surface area (Å²) in [5, 5.41) is 27.4. The zero-order valence-corrected chi connectivity index (χ0v) is 71.5. The summed E-state index contributed by atoms with van der Waals surface area (Å²) < 4.78 is 270. The highest BCUT2D eigenvalue weighted by Crippen LogP contribution is 2.47. The molecule has 0 spiro atoms. The molecule has 127 heavy (non-hydrogen) atoms. The number of rotatable bonds is 13. The van der Waals surface area contributed by atoms with Crippen molar-refractivity contribution in [1.29, 1.82) is 0 Å². The van der Waals surface area contributed by atoms with Crippen LogP contribution in [0.5, 0.6) is 0 Å². The third-order valence-electron chi connectivity index (χ3n) is 21.7. The number of fused-ring (bicyclic) bond motifs is 5. The van der Waals surface area contributed by atoms with E-state index in [-0.39, 0.29) is 97.4 Å². The van der Waals surface area contributed by atoms with Crippen molar-refractivity contribution in [3.8, 4) is 0 Å². The van der Waals surface area contributed by atoms with Gasteiger partial charge in [0.1, 0.15) is 52.3 Å². The number of amides is 3. The molecule has 0 radical (unpaired) electrons. The first kappa shape index (κ1) is 100. The van der Waals surface area contributed by atoms with Crippen molar-refractivity contribution in [2.45, 2.75) is 320 Å². The largest absolute Gasteiger partial charge is 0.444 e. The van der Waals surface area contributed by atoms with Crippen LogP contribution in [0.15, 0.2) is 67.4 Å². The standard InChI is InChI=1S/C25H29F5N4O5S.C20H21F5N4O3S.C13H19N3O4S.C10H15N3O2.C8H11N3O2S.4CH4/c1-24(2,3)39-23(35)31-18-9-20(22(25(28,29)30)38-21(18)16-8-14(26)4-7-17(16)27)33-10-13-11-34(32-19(13)12-33)40(36,37)15-5-6-15;21-11-1-4-14(22)13(5-11)18-15(26)6-17(19(32-18)20(23,24)25)28-7-10-8-29(27-16(10)9-28)33(30,31)12-2-3-12;1-13(2,3)20-12(17)15-6-9-7-16(14-11(9)8-15)21(18,19)10-4-5-10;1-10(2,3)15-9(14)13-5-7-4-11-12-8(7)6-13;12-14(13,7-1-2-7)11-5-6-3-9-4-8(6)10-11;;;;/h4,7-8,11,15,18,20-22H,5-6,9-10,12H2,1-3H3,(H,31,35);1,4-5,8,12,15,17-19H,2-3,6-7,9,26H2;7,10H,4-6,8H2,1-3H3;4H,5-6H2,1-3H3,(H,11,12);5,7,9H,1-4H2;4*1H4/t18-,20+,21+,22-;15-,17+,18+,19-;;;;;;;/m00......./s1. The molecule has 12 heterocycles. The second-order valence-electron chi connectivity index (χ2n) is 35.2. The van der Waals surface area contributed by atoms with E-state index in [2.05, 4.69) is 41.2 Å². The molecular weight excluding hydrogens is 1770 g/mol. The van der Waals surface area contributed by atoms with Crippen LogP contribution in [0.1, 0.15) is 236 Å². The Morgan fingerprint density at radius 2 is 0.835 bits per heavy atom. The van der Waals surface area contributed by atoms with Gasteiger partial charge in [-0.3, -0.25) is 24.7 Å². The maximum atomic E-state index is 14.7. The van der Waals surface area contributed by atoms with Crippen LogP contribution >= 0.6 is 0 Å². The molecule has 2 aromatic carbocycles. The van der Waals surface area contributed by atoms with E-state index in [1.165, 1.54) is 33.3 Å². The first-order valence-corrected chi connectivity index (χ1v) is 45.8. The Morgan fingerprint density at radius 3 is 1.22 bits per heavy atom. The third-order valence-corrected chi connectivity index (χ3v) is 29.8. The summed E-state index contributed by atoms with van der Waals surface area (Å²) in [5.74, 6) is -3.59. The van der Waals surface area contributed by atoms with Crippen molar-refractivity contribution in [1.82, 2.24) is 77.2 Å². The smallest absolute Gasteiger partial charge is 0.416 e. The zero-order valence-electron chi connectivity index (χ0n) is 68.3. The van der Waals surface area contributed by atoms with Crippen LogP contribution in [0.25, 0.3) is 0 Å². The molecule has 3 amide bonds. The van der Waals surface area contributed by atoms with Crippen LogP contribution in [0, 0.1) is 23.3 Å². The van der Waals surface area contributed by atoms with Gasteiger partial charge in [0.05, 0.1) is 87.9 Å². The van der Waals surface area contributed by atoms with E-state index in [0.29, 0.717) is 92.9 Å². The van der Waals surface area contributed by atoms with E-state index in [9.17, 15) is 92.0 Å². The molecule has 706 valence electrons. The predicted molar refractivity (Wildman–Crippen MR) is 442 cm³/mol. The molecule has 47 heteroatoms. The highest BCUT2D eigenvalue weighted by Gasteiger charge is 2.58. The van der Waals surface area contributed by atoms with Gasteiger partial charge in [0.15, 0.2) is 12.2 Å². The number of aromatic nitrogens is 10. The topological polar surface area (TPSA) is 397 Å². The monoisotopic (exact) mass is 1880 g/mol. The van der Waals surface area contributed by atoms with Crippen molar-refractivity contribution in [3.63, 3.8) is 0 Å². The minimum atomic E-state index is -4.90. The molecule has 4 aliphatic carbocycles. The van der Waals surface area contributed by atoms with Crippen molar-refractivity contribution in [2.75, 3.05) is 0 Å². The van der Waals surface area contributed by atoms with Crippen molar-refractivity contribution < 1.29 is 116 Å². The molecule has 7 aliphatic heterocycles. The quantitative estimate of drug-likeness (QED) is 0.0615. The number of hydrogen-bond donors (Lipinski definition) is 4. The predicted octanol–water partition coefficient (Wildman–Crippen LogP) is 12.3. The van der Waals surface area contributed by atoms with Crippen LogP contribution in [-0.2, 0) is 129 Å². The van der Waals surface area contributed by atoms with Gasteiger partial charge in [0, 0.05) is 121 Å². The fourth-order valence-electron chi connectivity index (χ4n) is 15.2. The summed E-state index contributed by atoms with van der Waals surface area (Å²) in [6, 6.07) is 0.0172. The molecular formula is C80H111F10N17O16S4. The van der Waals surface area contributed by atoms with E-state index in [1.54, 1.807) is 38.1 Å². The Labute approximate surface area is 731 Å². The van der Waals surface area contributed by atoms with Gasteiger partial charge in [0.25, 0.3) is 40.1 Å². The molecule has 6 fully saturated rings. The second-order valence-corrected chi connectivity index (χ2v) is 43.5. The molecule has 5 aromatic heterocycles. The molecule has 33 nitrogen and oxygen atoms in total. The molecule has 0 unspecified atom stereocenters. The molecule has 4 saturated carbocycles. The lowest BCUT2D eigenvalue weighted by molar-refractivity contribution is -0.270. The number of alkyl halides is 6. The number of alkyl carbamates (subject to hydrolysis) is 1. The van der Waals surface area contributed by atoms with E-state index in [4.69, 9.17) is 29.4 Å². The third kappa shape index (κ3) is 23.0. The van der Waals surface area contributed by atoms with E-state index in [0.717, 1.165) is 100 Å². The highest BCUT2D eigenvalue weighted by molar-refractivity contribution is 7.91. The van der Waals surface area contributed by atoms with E-state index in [1.807, 2.05) is 41.5 Å². The number of nitrogens with two attached hydrogens (primary N) is 1. The van der Waals surface area contributed by atoms with Crippen molar-refractivity contribution in [2.24, 2.45) is 5.73 Å². The number of hydrogen-bond acceptors (Lipinski definition) is 25. The van der Waals surface area contributed by atoms with Crippen LogP contribution in [0.2, 0.25) is 0 Å². The van der Waals surface area contributed by atoms with Crippen LogP contribution < -0.4 is 16.4 Å². The maximum Gasteiger partial charge on any atom is 0.416 e. The van der Waals surface area contributed by atoms with Crippen molar-refractivity contribution >= 4 is 58.4 Å². The Morgan fingerprint density at radius 1 is 0.465 bits per heavy atom. The summed E-state index contributed by atoms with van der Waals surface area (Å²) in [6.45, 7) is 18.9. The second kappa shape index (κ2) is 37.2. The van der Waals surface area contributed by atoms with Gasteiger partial charge in [-0.1, -0.05) is 29.7 Å². The minimum absolute atomic E-state index is 0. The van der Waals surface area contributed by atoms with Gasteiger partial charge >= 0.3 is 30.6 Å². The lowest BCUT2D eigenvalue weighted by Gasteiger charge is -2.45. The summed E-state index contributed by atoms with van der Waals surface area (Å²) in [7, 11) is -13.7. The van der Waals surface area contributed by atoms with Crippen LogP contribution in [0.3, 0.4) is 0 Å². The summed E-state index contributed by atoms with van der Waals surface area (Å²) in [6.07, 6.45) is -6.99. The average molecular weight is 1890 g/mol. The first-order chi connectivity index (χ1) is 57.3. The van der Waals surface area contributed by atoms with Gasteiger partial charge in [0.2, 0.25) is 0 Å². The SMILES string of the molecule is C.C.C.C.CC(C)(C)OC(=O)N1Cc2cn(S(=O)(=O)C3CC3)nc2C1.CC(C)(C)OC(=O)N1Cc2cn[nH]c2C1.CC(C)(C)OC(=O)N[C@H]1C[C@@H](N2Cc3cn(S(=O)(=O)C4CC4)nc3C2)[C@@H](C(F)(F)F)O[C@@H]1c1cc(F)ccc1F.N[C@H]1C[C@@H](N2Cc3cn(S(=O)(=O)C4CC4)nc3C2)[C@@H](C(F)(F)F)O[C@@H]1c1cc(F)ccc1F.O=S(=O)(C1CC1)n1cc2c(n1)CNC2. The Hall–Kier alpha value is -8.84. The molecule has 7 aromatic rings. The Bertz CT molecular complexity index is 5520. The highest BCUT2D eigenvalue weighted by atomic mass is 32.2. The fraction of sp³-hybridized carbons (Fsp3) is 0.625. The normalized spacial score (nSPS) is 22.9. The number of H-pyrrole nitrogens is 1. The number of nitrogens with zero attached hydrogens (tertiary/aromatic N) is 13. The minimum Gasteiger partial charge on any atom is -0.444 e. The summed E-state index contributed by atoms with van der Waals surface area (Å²) in [4.78, 5) is 42.4. The lowest BCUT2D eigenvalue weighted by Crippen LogP contribution is -2.59. The van der Waals surface area contributed by atoms with Crippen LogP contribution in [-0.4, -0.2) is 205 Å². The number of ether oxygens (including phenoxy) is 5. The Balaban J connectivity index is 0.000000173. The maximum absolute atomic E-state index is 14.7. The summed E-state index contributed by atoms with van der Waals surface area (Å²) >= 11 is 0. The van der Waals surface area contributed by atoms with Crippen molar-refractivity contribution in [3.05, 3.63) is 158 Å². The molecule has 2 saturated heterocycles. The zero-order chi connectivity index (χ0) is 89.1. The average Bonchev–Trinajstić information content (AvgIpc) is 1.62. The van der Waals surface area contributed by atoms with Gasteiger partial charge in [-0.2, -0.15) is 68.2 Å². The number of halogens is 10. The van der Waals surface area contributed by atoms with E-state index >= 15 is 0 Å². The molecule has 18 rings (SSSR count). The molecule has 5 N–H and O–H groups in total. The number of aromatic amines is 1. The molecule has 0 bridgehead atoms. The lowest BCUT2D eigenvalue weighted by atomic mass is 9.88. The first-order valence-electron chi connectivity index (χ1n) is 39.8. The number of benzene rings is 2. The number of carbonyl (C=O) groups is 3. The molecule has 11 aliphatic rings. The Kier molecular flexibility index (Phi) is 29.4. The molecule has 8 atom stereocenters. The van der Waals surface area contributed by atoms with Gasteiger partial charge < -0.3 is 40.1 Å². The van der Waals surface area contributed by atoms with Crippen LogP contribution in [0.4, 0.5) is 58.3 Å². The van der Waals surface area contributed by atoms with E-state index < -0.39 is 169 Å². The fourth-order valence-corrected chi connectivity index (χ4v) is 21.2. The van der Waals surface area contributed by atoms with Gasteiger partial charge in [-0.05, 0) is 163 Å². The number of carbonyl (C=O) groups excluding carboxylic acids is 3.